The fourth-order valence-electron chi connectivity index (χ4n) is 0.215. The number of nitrogens with one attached hydrogen (secondary N) is 1. The van der Waals surface area contributed by atoms with Gasteiger partial charge in [-0.3, -0.25) is 0 Å². The molecule has 0 fully saturated rings. The van der Waals surface area contributed by atoms with Gasteiger partial charge in [0, 0.05) is 29.5 Å². The van der Waals surface area contributed by atoms with Crippen molar-refractivity contribution in [3.8, 4) is 0 Å². The van der Waals surface area contributed by atoms with Gasteiger partial charge in [0.25, 0.3) is 0 Å². The Hall–Kier alpha value is -0.271. The van der Waals surface area contributed by atoms with Gasteiger partial charge >= 0.3 is 0 Å². The van der Waals surface area contributed by atoms with E-state index in [0.717, 1.165) is 0 Å². The number of nitrogens with zero attached hydrogens (tertiary/aromatic N) is 1. The van der Waals surface area contributed by atoms with Crippen LogP contribution in [0, 0.1) is 0 Å². The Morgan fingerprint density at radius 2 is 2.33 bits per heavy atom. The molecule has 34 valence electrons. The summed E-state index contributed by atoms with van der Waals surface area (Å²) in [6, 6.07) is 0. The minimum absolute atomic E-state index is 0. The zero-order chi connectivity index (χ0) is 3.54. The van der Waals surface area contributed by atoms with E-state index in [9.17, 15) is 0 Å². The molecule has 6 heavy (non-hydrogen) atoms. The van der Waals surface area contributed by atoms with E-state index in [4.69, 9.17) is 0 Å². The number of aromatic nitrogens is 2. The van der Waals surface area contributed by atoms with Crippen molar-refractivity contribution in [2.75, 3.05) is 0 Å². The van der Waals surface area contributed by atoms with Crippen LogP contribution in [0.5, 0.6) is 0 Å². The van der Waals surface area contributed by atoms with E-state index in [0.29, 0.717) is 0 Å². The van der Waals surface area contributed by atoms with Crippen LogP contribution in [0.25, 0.3) is 0 Å². The second kappa shape index (κ2) is 2.94. The van der Waals surface area contributed by atoms with Gasteiger partial charge in [-0.2, -0.15) is 0 Å². The molecule has 1 N–H and O–H groups in total. The summed E-state index contributed by atoms with van der Waals surface area (Å²) < 4.78 is 0. The Bertz CT molecular complexity index is 65.3. The molecule has 0 saturated heterocycles. The SMILES string of the molecule is [Fe].c1c[nH]cn1. The molecule has 0 aromatic carbocycles. The molecule has 0 aliphatic carbocycles. The molecule has 0 amide bonds. The molecule has 0 bridgehead atoms. The first-order chi connectivity index (χ1) is 2.50. The van der Waals surface area contributed by atoms with Crippen LogP contribution in [0.2, 0.25) is 0 Å². The van der Waals surface area contributed by atoms with Gasteiger partial charge in [0.2, 0.25) is 0 Å². The maximum atomic E-state index is 3.67. The molecule has 0 aliphatic rings. The fourth-order valence-corrected chi connectivity index (χ4v) is 0.215. The van der Waals surface area contributed by atoms with Gasteiger partial charge in [-0.1, -0.05) is 0 Å². The largest absolute Gasteiger partial charge is 0.351 e. The summed E-state index contributed by atoms with van der Waals surface area (Å²) in [6.45, 7) is 0. The smallest absolute Gasteiger partial charge is 0.0919 e. The van der Waals surface area contributed by atoms with Crippen LogP contribution >= 0.6 is 0 Å². The van der Waals surface area contributed by atoms with Gasteiger partial charge in [-0.05, 0) is 0 Å². The fraction of sp³-hybridized carbons (Fsp3) is 0. The van der Waals surface area contributed by atoms with Crippen molar-refractivity contribution in [2.45, 2.75) is 0 Å². The molecule has 0 saturated carbocycles. The Balaban J connectivity index is 0.000000250. The summed E-state index contributed by atoms with van der Waals surface area (Å²) >= 11 is 0. The van der Waals surface area contributed by atoms with Crippen molar-refractivity contribution in [1.82, 2.24) is 9.97 Å². The second-order valence-electron chi connectivity index (χ2n) is 0.761. The van der Waals surface area contributed by atoms with Gasteiger partial charge in [0.1, 0.15) is 0 Å². The van der Waals surface area contributed by atoms with E-state index < -0.39 is 0 Å². The summed E-state index contributed by atoms with van der Waals surface area (Å²) in [5.41, 5.74) is 0. The quantitative estimate of drug-likeness (QED) is 0.498. The van der Waals surface area contributed by atoms with Crippen molar-refractivity contribution in [3.05, 3.63) is 18.7 Å². The Morgan fingerprint density at radius 1 is 1.50 bits per heavy atom. The number of hydrogen-bond donors (Lipinski definition) is 1. The molecule has 0 spiro atoms. The molecule has 3 heteroatoms. The van der Waals surface area contributed by atoms with E-state index in [2.05, 4.69) is 9.97 Å². The molecule has 2 nitrogen and oxygen atoms in total. The molecule has 1 rings (SSSR count). The maximum absolute atomic E-state index is 3.67. The van der Waals surface area contributed by atoms with Gasteiger partial charge in [0.05, 0.1) is 6.33 Å². The summed E-state index contributed by atoms with van der Waals surface area (Å²) in [6.07, 6.45) is 5.08. The molecule has 0 aliphatic heterocycles. The Kier molecular flexibility index (Phi) is 2.81. The number of H-pyrrole nitrogens is 1. The third-order valence-electron chi connectivity index (χ3n) is 0.406. The van der Waals surface area contributed by atoms with E-state index in [1.807, 2.05) is 0 Å². The predicted octanol–water partition coefficient (Wildman–Crippen LogP) is 0.407. The third-order valence-corrected chi connectivity index (χ3v) is 0.406. The van der Waals surface area contributed by atoms with Gasteiger partial charge in [-0.15, -0.1) is 0 Å². The normalized spacial score (nSPS) is 6.67. The summed E-state index contributed by atoms with van der Waals surface area (Å²) in [7, 11) is 0. The first kappa shape index (κ1) is 5.73. The monoisotopic (exact) mass is 124 g/mol. The maximum Gasteiger partial charge on any atom is 0.0919 e. The summed E-state index contributed by atoms with van der Waals surface area (Å²) in [5.74, 6) is 0. The van der Waals surface area contributed by atoms with Crippen LogP contribution in [0.15, 0.2) is 18.7 Å². The van der Waals surface area contributed by atoms with Crippen LogP contribution in [0.4, 0.5) is 0 Å². The first-order valence-electron chi connectivity index (χ1n) is 1.43. The first-order valence-corrected chi connectivity index (χ1v) is 1.43. The van der Waals surface area contributed by atoms with Gasteiger partial charge < -0.3 is 4.98 Å². The summed E-state index contributed by atoms with van der Waals surface area (Å²) in [5, 5.41) is 0. The standard InChI is InChI=1S/C3H4N2.Fe/c1-2-5-3-4-1;/h1-3H,(H,4,5);. The van der Waals surface area contributed by atoms with E-state index in [-0.39, 0.29) is 17.1 Å². The zero-order valence-electron chi connectivity index (χ0n) is 3.03. The van der Waals surface area contributed by atoms with Crippen LogP contribution in [-0.2, 0) is 17.1 Å². The average Bonchev–Trinajstić information content (AvgIpc) is 1.76. The van der Waals surface area contributed by atoms with Crippen LogP contribution in [0.3, 0.4) is 0 Å². The topological polar surface area (TPSA) is 28.7 Å². The number of hydrogen-bond acceptors (Lipinski definition) is 1. The molecule has 0 radical (unpaired) electrons. The van der Waals surface area contributed by atoms with Crippen molar-refractivity contribution in [3.63, 3.8) is 0 Å². The number of imidazole rings is 1. The minimum atomic E-state index is 0. The van der Waals surface area contributed by atoms with E-state index in [1.54, 1.807) is 18.7 Å². The molecular weight excluding hydrogens is 120 g/mol. The van der Waals surface area contributed by atoms with Crippen molar-refractivity contribution >= 4 is 0 Å². The number of rotatable bonds is 0. The van der Waals surface area contributed by atoms with Gasteiger partial charge in [-0.25, -0.2) is 4.98 Å². The Morgan fingerprint density at radius 3 is 2.50 bits per heavy atom. The van der Waals surface area contributed by atoms with Crippen LogP contribution in [-0.4, -0.2) is 9.97 Å². The molecule has 0 unspecified atom stereocenters. The molecular formula is C3H4FeN2. The van der Waals surface area contributed by atoms with Gasteiger partial charge in [0.15, 0.2) is 0 Å². The number of aromatic amines is 1. The second-order valence-corrected chi connectivity index (χ2v) is 0.761. The van der Waals surface area contributed by atoms with Crippen LogP contribution in [0.1, 0.15) is 0 Å². The van der Waals surface area contributed by atoms with Crippen LogP contribution < -0.4 is 0 Å². The van der Waals surface area contributed by atoms with Crippen molar-refractivity contribution in [1.29, 1.82) is 0 Å². The minimum Gasteiger partial charge on any atom is -0.351 e. The summed E-state index contributed by atoms with van der Waals surface area (Å²) in [4.78, 5) is 6.42. The van der Waals surface area contributed by atoms with E-state index in [1.165, 1.54) is 0 Å². The predicted molar refractivity (Wildman–Crippen MR) is 18.6 cm³/mol. The Labute approximate surface area is 46.5 Å². The van der Waals surface area contributed by atoms with E-state index >= 15 is 0 Å². The zero-order valence-corrected chi connectivity index (χ0v) is 4.14. The van der Waals surface area contributed by atoms with Crippen molar-refractivity contribution in [2.24, 2.45) is 0 Å². The third kappa shape index (κ3) is 1.24. The molecule has 1 heterocycles. The molecule has 1 aromatic rings. The molecule has 0 atom stereocenters. The average molecular weight is 124 g/mol. The molecule has 1 aromatic heterocycles. The van der Waals surface area contributed by atoms with Crippen molar-refractivity contribution < 1.29 is 17.1 Å².